The van der Waals surface area contributed by atoms with Crippen molar-refractivity contribution in [3.63, 3.8) is 0 Å². The normalized spacial score (nSPS) is 22.9. The van der Waals surface area contributed by atoms with E-state index in [0.717, 1.165) is 5.01 Å². The zero-order valence-corrected chi connectivity index (χ0v) is 14.3. The quantitative estimate of drug-likeness (QED) is 0.481. The Morgan fingerprint density at radius 1 is 0.808 bits per heavy atom. The predicted octanol–water partition coefficient (Wildman–Crippen LogP) is 2.17. The summed E-state index contributed by atoms with van der Waals surface area (Å²) < 4.78 is 0. The highest BCUT2D eigenvalue weighted by atomic mass is 16.2. The van der Waals surface area contributed by atoms with Crippen LogP contribution in [0.1, 0.15) is 46.2 Å². The Morgan fingerprint density at radius 3 is 1.73 bits per heavy atom. The number of hydrogen-bond donors (Lipinski definition) is 0. The zero-order chi connectivity index (χ0) is 18.6. The maximum absolute atomic E-state index is 12.8. The Morgan fingerprint density at radius 2 is 1.27 bits per heavy atom. The molecule has 2 aliphatic rings. The maximum atomic E-state index is 12.8. The first-order valence-corrected chi connectivity index (χ1v) is 8.26. The largest absolute Gasteiger partial charge is 0.297 e. The summed E-state index contributed by atoms with van der Waals surface area (Å²) in [6.45, 7) is 2.63. The summed E-state index contributed by atoms with van der Waals surface area (Å²) in [4.78, 5) is 50.7. The van der Waals surface area contributed by atoms with E-state index in [9.17, 15) is 19.2 Å². The molecule has 1 saturated heterocycles. The molecule has 2 heterocycles. The predicted molar refractivity (Wildman–Crippen MR) is 92.1 cm³/mol. The number of fused-ring (bicyclic) bond motifs is 1. The molecule has 0 spiro atoms. The van der Waals surface area contributed by atoms with Gasteiger partial charge < -0.3 is 0 Å². The Hall–Kier alpha value is -3.12. The minimum Gasteiger partial charge on any atom is -0.297 e. The van der Waals surface area contributed by atoms with Gasteiger partial charge in [0.15, 0.2) is 17.1 Å². The molecule has 6 heteroatoms. The summed E-state index contributed by atoms with van der Waals surface area (Å²) in [6.07, 6.45) is 0. The van der Waals surface area contributed by atoms with Crippen molar-refractivity contribution in [1.82, 2.24) is 10.0 Å². The zero-order valence-electron chi connectivity index (χ0n) is 14.3. The van der Waals surface area contributed by atoms with Crippen LogP contribution >= 0.6 is 0 Å². The van der Waals surface area contributed by atoms with Gasteiger partial charge in [-0.1, -0.05) is 42.5 Å². The van der Waals surface area contributed by atoms with Crippen molar-refractivity contribution in [2.24, 2.45) is 0 Å². The lowest BCUT2D eigenvalue weighted by molar-refractivity contribution is -0.131. The van der Waals surface area contributed by atoms with Crippen molar-refractivity contribution >= 4 is 23.4 Å². The molecule has 2 atom stereocenters. The smallest absolute Gasteiger partial charge is 0.276 e. The molecule has 2 unspecified atom stereocenters. The molecule has 4 rings (SSSR count). The summed E-state index contributed by atoms with van der Waals surface area (Å²) >= 11 is 0. The lowest BCUT2D eigenvalue weighted by Crippen LogP contribution is -2.45. The van der Waals surface area contributed by atoms with E-state index >= 15 is 0 Å². The maximum Gasteiger partial charge on any atom is 0.276 e. The first-order valence-electron chi connectivity index (χ1n) is 8.26. The number of carbonyl (C=O) groups excluding carboxylic acids is 4. The van der Waals surface area contributed by atoms with Crippen LogP contribution in [-0.4, -0.2) is 38.9 Å². The molecule has 2 amide bonds. The lowest BCUT2D eigenvalue weighted by atomic mass is 9.92. The Kier molecular flexibility index (Phi) is 3.42. The van der Waals surface area contributed by atoms with E-state index in [2.05, 4.69) is 0 Å². The second-order valence-corrected chi connectivity index (χ2v) is 6.50. The average Bonchev–Trinajstić information content (AvgIpc) is 3.27. The summed E-state index contributed by atoms with van der Waals surface area (Å²) in [7, 11) is 0. The molecule has 2 aromatic rings. The topological polar surface area (TPSA) is 74.5 Å². The molecular formula is C20H16N2O4. The Bertz CT molecular complexity index is 918. The minimum atomic E-state index is -1.53. The van der Waals surface area contributed by atoms with Crippen LogP contribution in [0.2, 0.25) is 0 Å². The highest BCUT2D eigenvalue weighted by molar-refractivity contribution is 6.23. The molecule has 6 nitrogen and oxygen atoms in total. The highest BCUT2D eigenvalue weighted by Gasteiger charge is 2.75. The molecule has 0 saturated carbocycles. The third-order valence-electron chi connectivity index (χ3n) is 5.11. The molecule has 0 aromatic heterocycles. The van der Waals surface area contributed by atoms with Gasteiger partial charge in [-0.05, 0) is 31.5 Å². The second-order valence-electron chi connectivity index (χ2n) is 6.50. The van der Waals surface area contributed by atoms with Gasteiger partial charge in [-0.3, -0.25) is 19.2 Å². The van der Waals surface area contributed by atoms with E-state index < -0.39 is 35.0 Å². The fourth-order valence-electron chi connectivity index (χ4n) is 3.90. The molecule has 2 aromatic carbocycles. The van der Waals surface area contributed by atoms with Gasteiger partial charge in [-0.15, -0.1) is 0 Å². The first-order chi connectivity index (χ1) is 12.4. The van der Waals surface area contributed by atoms with Crippen LogP contribution in [-0.2, 0) is 9.59 Å². The number of hydrogen-bond acceptors (Lipinski definition) is 5. The minimum absolute atomic E-state index is 0.275. The number of nitrogens with zero attached hydrogens (tertiary/aromatic N) is 2. The van der Waals surface area contributed by atoms with Crippen LogP contribution in [0.15, 0.2) is 54.6 Å². The Labute approximate surface area is 150 Å². The molecular weight excluding hydrogens is 332 g/mol. The molecule has 1 fully saturated rings. The highest BCUT2D eigenvalue weighted by Crippen LogP contribution is 2.56. The third kappa shape index (κ3) is 1.90. The van der Waals surface area contributed by atoms with E-state index in [1.54, 1.807) is 48.5 Å². The fraction of sp³-hybridized carbons (Fsp3) is 0.200. The van der Waals surface area contributed by atoms with Gasteiger partial charge in [0.1, 0.15) is 0 Å². The van der Waals surface area contributed by atoms with E-state index in [-0.39, 0.29) is 11.1 Å². The standard InChI is InChI=1S/C20H16N2O4/c1-12(23)20(13(2)24)17(14-8-4-3-5-9-14)22(20)21-18(25)15-10-6-7-11-16(15)19(21)26/h3-11,17H,1-2H3. The van der Waals surface area contributed by atoms with E-state index in [4.69, 9.17) is 0 Å². The van der Waals surface area contributed by atoms with Gasteiger partial charge in [-0.25, -0.2) is 0 Å². The molecule has 0 aliphatic carbocycles. The van der Waals surface area contributed by atoms with Crippen LogP contribution < -0.4 is 0 Å². The van der Waals surface area contributed by atoms with Crippen molar-refractivity contribution in [1.29, 1.82) is 0 Å². The Balaban J connectivity index is 1.85. The summed E-state index contributed by atoms with van der Waals surface area (Å²) in [5.74, 6) is -1.82. The summed E-state index contributed by atoms with van der Waals surface area (Å²) in [5, 5.41) is 2.28. The average molecular weight is 348 g/mol. The summed E-state index contributed by atoms with van der Waals surface area (Å²) in [5.41, 5.74) is -0.279. The number of hydrazine groups is 1. The van der Waals surface area contributed by atoms with Crippen molar-refractivity contribution in [2.45, 2.75) is 25.4 Å². The number of amides is 2. The second kappa shape index (κ2) is 5.44. The number of rotatable bonds is 4. The lowest BCUT2D eigenvalue weighted by Gasteiger charge is -2.19. The van der Waals surface area contributed by atoms with Crippen LogP contribution in [0, 0.1) is 0 Å². The molecule has 26 heavy (non-hydrogen) atoms. The number of Topliss-reactive ketones (excluding diaryl/α,β-unsaturated/α-hetero) is 2. The number of ketones is 2. The van der Waals surface area contributed by atoms with Gasteiger partial charge in [0.05, 0.1) is 17.2 Å². The first kappa shape index (κ1) is 16.4. The SMILES string of the molecule is CC(=O)C1(C(C)=O)C(c2ccccc2)N1N1C(=O)c2ccccc2C1=O. The van der Waals surface area contributed by atoms with Crippen molar-refractivity contribution < 1.29 is 19.2 Å². The van der Waals surface area contributed by atoms with Crippen LogP contribution in [0.25, 0.3) is 0 Å². The van der Waals surface area contributed by atoms with Crippen molar-refractivity contribution in [3.8, 4) is 0 Å². The van der Waals surface area contributed by atoms with E-state index in [0.29, 0.717) is 5.56 Å². The fourth-order valence-corrected chi connectivity index (χ4v) is 3.90. The van der Waals surface area contributed by atoms with Gasteiger partial charge in [0, 0.05) is 0 Å². The monoisotopic (exact) mass is 348 g/mol. The van der Waals surface area contributed by atoms with Crippen molar-refractivity contribution in [2.75, 3.05) is 0 Å². The van der Waals surface area contributed by atoms with Crippen LogP contribution in [0.5, 0.6) is 0 Å². The van der Waals surface area contributed by atoms with Gasteiger partial charge in [-0.2, -0.15) is 10.0 Å². The molecule has 2 aliphatic heterocycles. The molecule has 0 bridgehead atoms. The van der Waals surface area contributed by atoms with Gasteiger partial charge in [0.25, 0.3) is 11.8 Å². The van der Waals surface area contributed by atoms with Gasteiger partial charge in [0.2, 0.25) is 0 Å². The number of carbonyl (C=O) groups is 4. The van der Waals surface area contributed by atoms with Gasteiger partial charge >= 0.3 is 0 Å². The van der Waals surface area contributed by atoms with E-state index in [1.165, 1.54) is 18.9 Å². The van der Waals surface area contributed by atoms with E-state index in [1.807, 2.05) is 6.07 Å². The van der Waals surface area contributed by atoms with Crippen LogP contribution in [0.3, 0.4) is 0 Å². The van der Waals surface area contributed by atoms with Crippen LogP contribution in [0.4, 0.5) is 0 Å². The summed E-state index contributed by atoms with van der Waals surface area (Å²) in [6, 6.07) is 14.8. The molecule has 0 N–H and O–H groups in total. The molecule has 0 radical (unpaired) electrons. The molecule has 130 valence electrons. The number of benzene rings is 2. The number of imide groups is 1. The van der Waals surface area contributed by atoms with Crippen molar-refractivity contribution in [3.05, 3.63) is 71.3 Å². The third-order valence-corrected chi connectivity index (χ3v) is 5.11.